The van der Waals surface area contributed by atoms with Crippen molar-refractivity contribution in [3.63, 3.8) is 0 Å². The molecule has 0 spiro atoms. The summed E-state index contributed by atoms with van der Waals surface area (Å²) in [6.07, 6.45) is 1.57. The summed E-state index contributed by atoms with van der Waals surface area (Å²) in [4.78, 5) is 16.0. The number of methoxy groups -OCH3 is 1. The lowest BCUT2D eigenvalue weighted by atomic mass is 10.2. The van der Waals surface area contributed by atoms with E-state index < -0.39 is 5.97 Å². The highest BCUT2D eigenvalue weighted by atomic mass is 35.5. The number of esters is 1. The summed E-state index contributed by atoms with van der Waals surface area (Å²) in [5.41, 5.74) is 2.96. The average Bonchev–Trinajstić information content (AvgIpc) is 3.18. The van der Waals surface area contributed by atoms with E-state index in [0.717, 1.165) is 11.3 Å². The van der Waals surface area contributed by atoms with Crippen molar-refractivity contribution in [3.8, 4) is 17.3 Å². The second-order valence-electron chi connectivity index (χ2n) is 5.55. The van der Waals surface area contributed by atoms with E-state index in [2.05, 4.69) is 21.1 Å². The number of allylic oxidation sites excluding steroid dienone is 1. The normalized spacial score (nSPS) is 11.0. The number of anilines is 1. The second kappa shape index (κ2) is 8.89. The van der Waals surface area contributed by atoms with Crippen LogP contribution in [0.1, 0.15) is 15.4 Å². The molecule has 0 unspecified atom stereocenters. The standard InChI is InChI=1S/C20H13Cl2N3O2S/c1-27-20(26)12-2-5-15(6-3-12)24-10-13(9-23)19-25-18(11-28-19)16-7-4-14(21)8-17(16)22/h2-8,10-11,24H,1H3/b13-10+. The van der Waals surface area contributed by atoms with Crippen LogP contribution in [0.2, 0.25) is 10.0 Å². The number of rotatable bonds is 5. The van der Waals surface area contributed by atoms with Crippen molar-refractivity contribution in [3.05, 3.63) is 74.7 Å². The van der Waals surface area contributed by atoms with Gasteiger partial charge in [0.1, 0.15) is 16.6 Å². The fourth-order valence-corrected chi connectivity index (χ4v) is 3.63. The number of aromatic nitrogens is 1. The van der Waals surface area contributed by atoms with E-state index >= 15 is 0 Å². The van der Waals surface area contributed by atoms with Gasteiger partial charge in [0, 0.05) is 27.9 Å². The van der Waals surface area contributed by atoms with Crippen molar-refractivity contribution in [2.45, 2.75) is 0 Å². The molecule has 0 saturated heterocycles. The molecule has 28 heavy (non-hydrogen) atoms. The third kappa shape index (κ3) is 4.52. The molecule has 0 saturated carbocycles. The number of nitrogens with one attached hydrogen (secondary N) is 1. The van der Waals surface area contributed by atoms with Crippen molar-refractivity contribution < 1.29 is 9.53 Å². The van der Waals surface area contributed by atoms with E-state index in [4.69, 9.17) is 23.2 Å². The Morgan fingerprint density at radius 1 is 1.25 bits per heavy atom. The van der Waals surface area contributed by atoms with Crippen molar-refractivity contribution in [2.24, 2.45) is 0 Å². The first-order valence-electron chi connectivity index (χ1n) is 7.98. The summed E-state index contributed by atoms with van der Waals surface area (Å²) >= 11 is 13.5. The van der Waals surface area contributed by atoms with Gasteiger partial charge >= 0.3 is 5.97 Å². The topological polar surface area (TPSA) is 75.0 Å². The predicted octanol–water partition coefficient (Wildman–Crippen LogP) is 5.88. The molecular weight excluding hydrogens is 417 g/mol. The summed E-state index contributed by atoms with van der Waals surface area (Å²) in [5.74, 6) is -0.406. The maximum atomic E-state index is 11.5. The van der Waals surface area contributed by atoms with Crippen LogP contribution in [0.3, 0.4) is 0 Å². The first-order valence-corrected chi connectivity index (χ1v) is 9.62. The molecule has 1 aromatic heterocycles. The van der Waals surface area contributed by atoms with Crippen LogP contribution in [-0.2, 0) is 4.74 Å². The Morgan fingerprint density at radius 2 is 2.00 bits per heavy atom. The van der Waals surface area contributed by atoms with Crippen LogP contribution >= 0.6 is 34.5 Å². The molecule has 2 aromatic carbocycles. The molecule has 3 aromatic rings. The van der Waals surface area contributed by atoms with Gasteiger partial charge in [-0.1, -0.05) is 23.2 Å². The zero-order chi connectivity index (χ0) is 20.1. The number of benzene rings is 2. The zero-order valence-corrected chi connectivity index (χ0v) is 16.9. The molecule has 0 radical (unpaired) electrons. The Bertz CT molecular complexity index is 1090. The lowest BCUT2D eigenvalue weighted by molar-refractivity contribution is 0.0601. The van der Waals surface area contributed by atoms with Gasteiger partial charge in [-0.05, 0) is 42.5 Å². The van der Waals surface area contributed by atoms with Gasteiger partial charge in [0.2, 0.25) is 0 Å². The highest BCUT2D eigenvalue weighted by Crippen LogP contribution is 2.32. The molecule has 0 atom stereocenters. The summed E-state index contributed by atoms with van der Waals surface area (Å²) in [7, 11) is 1.33. The Morgan fingerprint density at radius 3 is 2.64 bits per heavy atom. The molecule has 0 aliphatic heterocycles. The highest BCUT2D eigenvalue weighted by Gasteiger charge is 2.12. The molecule has 140 valence electrons. The summed E-state index contributed by atoms with van der Waals surface area (Å²) in [5, 5.41) is 15.9. The lowest BCUT2D eigenvalue weighted by Gasteiger charge is -2.03. The number of thiazole rings is 1. The number of carbonyl (C=O) groups excluding carboxylic acids is 1. The van der Waals surface area contributed by atoms with Crippen LogP contribution in [0.4, 0.5) is 5.69 Å². The minimum atomic E-state index is -0.406. The number of nitrogens with zero attached hydrogens (tertiary/aromatic N) is 2. The molecule has 0 bridgehead atoms. The summed E-state index contributed by atoms with van der Waals surface area (Å²) < 4.78 is 4.67. The molecule has 1 N–H and O–H groups in total. The largest absolute Gasteiger partial charge is 0.465 e. The van der Waals surface area contributed by atoms with E-state index in [1.807, 2.05) is 5.38 Å². The fraction of sp³-hybridized carbons (Fsp3) is 0.0500. The van der Waals surface area contributed by atoms with E-state index in [-0.39, 0.29) is 0 Å². The SMILES string of the molecule is COC(=O)c1ccc(N/C=C(\C#N)c2nc(-c3ccc(Cl)cc3Cl)cs2)cc1. The molecule has 8 heteroatoms. The van der Waals surface area contributed by atoms with Crippen LogP contribution in [0.25, 0.3) is 16.8 Å². The van der Waals surface area contributed by atoms with Crippen molar-refractivity contribution in [1.82, 2.24) is 4.98 Å². The van der Waals surface area contributed by atoms with Crippen LogP contribution < -0.4 is 5.32 Å². The smallest absolute Gasteiger partial charge is 0.337 e. The third-order valence-corrected chi connectivity index (χ3v) is 5.17. The quantitative estimate of drug-likeness (QED) is 0.404. The monoisotopic (exact) mass is 429 g/mol. The second-order valence-corrected chi connectivity index (χ2v) is 7.25. The molecule has 5 nitrogen and oxygen atoms in total. The molecule has 0 amide bonds. The number of nitriles is 1. The summed E-state index contributed by atoms with van der Waals surface area (Å²) in [6.45, 7) is 0. The maximum absolute atomic E-state index is 11.5. The van der Waals surface area contributed by atoms with Crippen LogP contribution in [0, 0.1) is 11.3 Å². The van der Waals surface area contributed by atoms with E-state index in [9.17, 15) is 10.1 Å². The minimum Gasteiger partial charge on any atom is -0.465 e. The maximum Gasteiger partial charge on any atom is 0.337 e. The van der Waals surface area contributed by atoms with E-state index in [1.54, 1.807) is 48.7 Å². The van der Waals surface area contributed by atoms with Gasteiger partial charge in [-0.2, -0.15) is 5.26 Å². The van der Waals surface area contributed by atoms with Crippen LogP contribution in [0.5, 0.6) is 0 Å². The van der Waals surface area contributed by atoms with Gasteiger partial charge in [0.05, 0.1) is 23.4 Å². The van der Waals surface area contributed by atoms with Gasteiger partial charge in [-0.25, -0.2) is 9.78 Å². The molecular formula is C20H13Cl2N3O2S. The lowest BCUT2D eigenvalue weighted by Crippen LogP contribution is -2.00. The van der Waals surface area contributed by atoms with Gasteiger partial charge in [-0.15, -0.1) is 11.3 Å². The number of ether oxygens (including phenoxy) is 1. The number of halogens is 2. The number of hydrogen-bond donors (Lipinski definition) is 1. The van der Waals surface area contributed by atoms with Gasteiger partial charge < -0.3 is 10.1 Å². The predicted molar refractivity (Wildman–Crippen MR) is 113 cm³/mol. The van der Waals surface area contributed by atoms with Gasteiger partial charge in [0.25, 0.3) is 0 Å². The Balaban J connectivity index is 1.79. The first kappa shape index (κ1) is 19.9. The van der Waals surface area contributed by atoms with Gasteiger partial charge in [0.15, 0.2) is 0 Å². The zero-order valence-electron chi connectivity index (χ0n) is 14.6. The van der Waals surface area contributed by atoms with Crippen molar-refractivity contribution in [2.75, 3.05) is 12.4 Å². The fourth-order valence-electron chi connectivity index (χ4n) is 2.34. The van der Waals surface area contributed by atoms with Crippen LogP contribution in [-0.4, -0.2) is 18.1 Å². The molecule has 1 heterocycles. The Hall–Kier alpha value is -2.85. The average molecular weight is 430 g/mol. The van der Waals surface area contributed by atoms with E-state index in [0.29, 0.717) is 31.9 Å². The number of hydrogen-bond acceptors (Lipinski definition) is 6. The van der Waals surface area contributed by atoms with Crippen LogP contribution in [0.15, 0.2) is 54.0 Å². The first-order chi connectivity index (χ1) is 13.5. The highest BCUT2D eigenvalue weighted by molar-refractivity contribution is 7.11. The molecule has 3 rings (SSSR count). The Labute approximate surface area is 175 Å². The Kier molecular flexibility index (Phi) is 6.32. The van der Waals surface area contributed by atoms with Crippen molar-refractivity contribution in [1.29, 1.82) is 5.26 Å². The minimum absolute atomic E-state index is 0.374. The van der Waals surface area contributed by atoms with E-state index in [1.165, 1.54) is 18.4 Å². The molecule has 0 fully saturated rings. The van der Waals surface area contributed by atoms with Gasteiger partial charge in [-0.3, -0.25) is 0 Å². The number of carbonyl (C=O) groups is 1. The van der Waals surface area contributed by atoms with Crippen molar-refractivity contribution >= 4 is 51.8 Å². The molecule has 0 aliphatic carbocycles. The summed E-state index contributed by atoms with van der Waals surface area (Å²) in [6, 6.07) is 14.0. The molecule has 0 aliphatic rings. The third-order valence-electron chi connectivity index (χ3n) is 3.75.